The van der Waals surface area contributed by atoms with Crippen LogP contribution in [0.4, 0.5) is 4.39 Å². The SMILES string of the molecule is CC(=O)c1cc(Br)cc(F)c1O[Si](C)(C)C(C)(C)C. The summed E-state index contributed by atoms with van der Waals surface area (Å²) >= 11 is 3.20. The van der Waals surface area contributed by atoms with E-state index >= 15 is 0 Å². The molecule has 0 saturated heterocycles. The van der Waals surface area contributed by atoms with Crippen molar-refractivity contribution in [3.05, 3.63) is 28.0 Å². The molecule has 0 aliphatic rings. The molecule has 1 rings (SSSR count). The van der Waals surface area contributed by atoms with Crippen molar-refractivity contribution in [2.75, 3.05) is 0 Å². The fourth-order valence-electron chi connectivity index (χ4n) is 1.33. The second-order valence-electron chi connectivity index (χ2n) is 6.18. The van der Waals surface area contributed by atoms with Gasteiger partial charge in [0.25, 0.3) is 8.32 Å². The number of hydrogen-bond donors (Lipinski definition) is 0. The molecule has 0 aromatic heterocycles. The molecule has 1 aromatic carbocycles. The van der Waals surface area contributed by atoms with Gasteiger partial charge in [0.2, 0.25) is 0 Å². The van der Waals surface area contributed by atoms with Crippen LogP contribution in [0.15, 0.2) is 16.6 Å². The van der Waals surface area contributed by atoms with Crippen LogP contribution in [0, 0.1) is 5.82 Å². The average molecular weight is 347 g/mol. The number of carbonyl (C=O) groups excluding carboxylic acids is 1. The molecule has 2 nitrogen and oxygen atoms in total. The van der Waals surface area contributed by atoms with Gasteiger partial charge in [-0.1, -0.05) is 36.7 Å². The lowest BCUT2D eigenvalue weighted by molar-refractivity contribution is 0.101. The zero-order valence-electron chi connectivity index (χ0n) is 12.2. The molecule has 19 heavy (non-hydrogen) atoms. The molecule has 0 atom stereocenters. The van der Waals surface area contributed by atoms with E-state index in [2.05, 4.69) is 36.7 Å². The van der Waals surface area contributed by atoms with Gasteiger partial charge in [0, 0.05) is 4.47 Å². The fraction of sp³-hybridized carbons (Fsp3) is 0.500. The lowest BCUT2D eigenvalue weighted by Gasteiger charge is -2.37. The topological polar surface area (TPSA) is 26.3 Å². The highest BCUT2D eigenvalue weighted by atomic mass is 79.9. The Morgan fingerprint density at radius 1 is 1.32 bits per heavy atom. The molecule has 106 valence electrons. The highest BCUT2D eigenvalue weighted by Crippen LogP contribution is 2.39. The maximum Gasteiger partial charge on any atom is 0.250 e. The molecule has 0 spiro atoms. The van der Waals surface area contributed by atoms with Crippen LogP contribution in [-0.2, 0) is 0 Å². The van der Waals surface area contributed by atoms with Gasteiger partial charge in [-0.25, -0.2) is 4.39 Å². The summed E-state index contributed by atoms with van der Waals surface area (Å²) in [7, 11) is -2.18. The Bertz CT molecular complexity index is 507. The number of halogens is 2. The summed E-state index contributed by atoms with van der Waals surface area (Å²) < 4.78 is 20.6. The quantitative estimate of drug-likeness (QED) is 0.557. The molecule has 0 heterocycles. The molecule has 0 amide bonds. The Hall–Kier alpha value is -0.683. The molecule has 0 N–H and O–H groups in total. The molecule has 1 aromatic rings. The van der Waals surface area contributed by atoms with Gasteiger partial charge in [-0.3, -0.25) is 4.79 Å². The van der Waals surface area contributed by atoms with Gasteiger partial charge in [0.15, 0.2) is 17.3 Å². The van der Waals surface area contributed by atoms with E-state index in [1.807, 2.05) is 13.1 Å². The first-order valence-corrected chi connectivity index (χ1v) is 9.85. The number of ketones is 1. The van der Waals surface area contributed by atoms with Crippen molar-refractivity contribution in [3.63, 3.8) is 0 Å². The molecule has 0 aliphatic heterocycles. The predicted molar refractivity (Wildman–Crippen MR) is 81.9 cm³/mol. The first kappa shape index (κ1) is 16.4. The summed E-state index contributed by atoms with van der Waals surface area (Å²) in [4.78, 5) is 11.7. The van der Waals surface area contributed by atoms with E-state index in [0.717, 1.165) is 0 Å². The maximum atomic E-state index is 14.1. The Balaban J connectivity index is 3.32. The molecule has 0 radical (unpaired) electrons. The van der Waals surface area contributed by atoms with Gasteiger partial charge in [0.1, 0.15) is 0 Å². The number of benzene rings is 1. The van der Waals surface area contributed by atoms with E-state index in [1.165, 1.54) is 13.0 Å². The third-order valence-electron chi connectivity index (χ3n) is 3.55. The Morgan fingerprint density at radius 3 is 2.26 bits per heavy atom. The van der Waals surface area contributed by atoms with Crippen molar-refractivity contribution in [2.45, 2.75) is 45.8 Å². The summed E-state index contributed by atoms with van der Waals surface area (Å²) in [5.41, 5.74) is 0.289. The molecule has 0 aliphatic carbocycles. The Kier molecular flexibility index (Phi) is 4.62. The van der Waals surface area contributed by atoms with E-state index in [9.17, 15) is 9.18 Å². The van der Waals surface area contributed by atoms with Crippen LogP contribution in [0.3, 0.4) is 0 Å². The van der Waals surface area contributed by atoms with Gasteiger partial charge in [-0.15, -0.1) is 0 Å². The number of carbonyl (C=O) groups is 1. The molecule has 0 fully saturated rings. The number of Topliss-reactive ketones (excluding diaryl/α,β-unsaturated/α-hetero) is 1. The van der Waals surface area contributed by atoms with Crippen LogP contribution >= 0.6 is 15.9 Å². The summed E-state index contributed by atoms with van der Waals surface area (Å²) in [5, 5.41) is -0.0550. The van der Waals surface area contributed by atoms with Gasteiger partial charge < -0.3 is 4.43 Å². The minimum atomic E-state index is -2.18. The first-order chi connectivity index (χ1) is 8.45. The van der Waals surface area contributed by atoms with E-state index in [4.69, 9.17) is 4.43 Å². The van der Waals surface area contributed by atoms with Crippen LogP contribution in [0.2, 0.25) is 18.1 Å². The van der Waals surface area contributed by atoms with Crippen molar-refractivity contribution in [1.29, 1.82) is 0 Å². The van der Waals surface area contributed by atoms with Crippen LogP contribution in [0.25, 0.3) is 0 Å². The molecule has 5 heteroatoms. The third kappa shape index (κ3) is 3.66. The average Bonchev–Trinajstić information content (AvgIpc) is 2.19. The van der Waals surface area contributed by atoms with Gasteiger partial charge in [-0.2, -0.15) is 0 Å². The van der Waals surface area contributed by atoms with Crippen molar-refractivity contribution < 1.29 is 13.6 Å². The largest absolute Gasteiger partial charge is 0.541 e. The van der Waals surface area contributed by atoms with Crippen molar-refractivity contribution in [3.8, 4) is 5.75 Å². The molecule has 0 bridgehead atoms. The normalized spacial score (nSPS) is 12.4. The maximum absolute atomic E-state index is 14.1. The van der Waals surface area contributed by atoms with E-state index in [-0.39, 0.29) is 22.1 Å². The highest BCUT2D eigenvalue weighted by Gasteiger charge is 2.40. The monoisotopic (exact) mass is 346 g/mol. The summed E-state index contributed by atoms with van der Waals surface area (Å²) in [6.45, 7) is 11.7. The lowest BCUT2D eigenvalue weighted by Crippen LogP contribution is -2.44. The molecule has 0 unspecified atom stereocenters. The predicted octanol–water partition coefficient (Wildman–Crippen LogP) is 5.17. The smallest absolute Gasteiger partial charge is 0.250 e. The van der Waals surface area contributed by atoms with Gasteiger partial charge in [0.05, 0.1) is 5.56 Å². The fourth-order valence-corrected chi connectivity index (χ4v) is 2.79. The minimum absolute atomic E-state index is 0.0550. The zero-order valence-corrected chi connectivity index (χ0v) is 14.8. The van der Waals surface area contributed by atoms with E-state index in [0.29, 0.717) is 4.47 Å². The van der Waals surface area contributed by atoms with E-state index in [1.54, 1.807) is 6.07 Å². The van der Waals surface area contributed by atoms with E-state index < -0.39 is 14.1 Å². The minimum Gasteiger partial charge on any atom is -0.541 e. The molecular formula is C14H20BrFO2Si. The van der Waals surface area contributed by atoms with Crippen LogP contribution < -0.4 is 4.43 Å². The van der Waals surface area contributed by atoms with Crippen molar-refractivity contribution in [1.82, 2.24) is 0 Å². The second kappa shape index (κ2) is 5.36. The second-order valence-corrected chi connectivity index (χ2v) is 11.8. The van der Waals surface area contributed by atoms with Crippen LogP contribution in [-0.4, -0.2) is 14.1 Å². The molecule has 0 saturated carbocycles. The van der Waals surface area contributed by atoms with Crippen LogP contribution in [0.1, 0.15) is 38.1 Å². The lowest BCUT2D eigenvalue weighted by atomic mass is 10.1. The highest BCUT2D eigenvalue weighted by molar-refractivity contribution is 9.10. The zero-order chi connectivity index (χ0) is 15.0. The number of rotatable bonds is 3. The molecular weight excluding hydrogens is 327 g/mol. The van der Waals surface area contributed by atoms with Crippen LogP contribution in [0.5, 0.6) is 5.75 Å². The number of hydrogen-bond acceptors (Lipinski definition) is 2. The summed E-state index contributed by atoms with van der Waals surface area (Å²) in [6, 6.07) is 2.93. The summed E-state index contributed by atoms with van der Waals surface area (Å²) in [5.74, 6) is -0.611. The Morgan fingerprint density at radius 2 is 1.84 bits per heavy atom. The third-order valence-corrected chi connectivity index (χ3v) is 8.34. The van der Waals surface area contributed by atoms with Crippen molar-refractivity contribution >= 4 is 30.0 Å². The standard InChI is InChI=1S/C14H20BrFO2Si/c1-9(17)11-7-10(15)8-12(16)13(11)18-19(5,6)14(2,3)4/h7-8H,1-6H3. The summed E-state index contributed by atoms with van der Waals surface area (Å²) in [6.07, 6.45) is 0. The Labute approximate surface area is 123 Å². The van der Waals surface area contributed by atoms with Gasteiger partial charge in [-0.05, 0) is 37.2 Å². The first-order valence-electron chi connectivity index (χ1n) is 6.15. The van der Waals surface area contributed by atoms with Gasteiger partial charge >= 0.3 is 0 Å². The van der Waals surface area contributed by atoms with Crippen molar-refractivity contribution in [2.24, 2.45) is 0 Å².